The summed E-state index contributed by atoms with van der Waals surface area (Å²) in [5, 5.41) is 0. The van der Waals surface area contributed by atoms with Crippen molar-refractivity contribution in [1.82, 2.24) is 9.97 Å². The summed E-state index contributed by atoms with van der Waals surface area (Å²) in [6, 6.07) is 36.3. The van der Waals surface area contributed by atoms with Crippen molar-refractivity contribution in [2.24, 2.45) is 5.41 Å². The smallest absolute Gasteiger partial charge is 0.157 e. The molecule has 0 N–H and O–H groups in total. The maximum Gasteiger partial charge on any atom is 0.157 e. The van der Waals surface area contributed by atoms with Gasteiger partial charge in [-0.1, -0.05) is 67.6 Å². The van der Waals surface area contributed by atoms with Crippen molar-refractivity contribution in [1.29, 1.82) is 0 Å². The Labute approximate surface area is 239 Å². The lowest BCUT2D eigenvalue weighted by Gasteiger charge is -2.63. The van der Waals surface area contributed by atoms with Crippen LogP contribution in [0, 0.1) is 5.41 Å². The predicted octanol–water partition coefficient (Wildman–Crippen LogP) is 6.88. The first-order valence-corrected chi connectivity index (χ1v) is 14.4. The first-order chi connectivity index (χ1) is 20.1. The Kier molecular flexibility index (Phi) is 3.78. The molecule has 1 spiro atoms. The number of benzene rings is 4. The third kappa shape index (κ3) is 2.25. The first kappa shape index (κ1) is 21.9. The summed E-state index contributed by atoms with van der Waals surface area (Å²) in [6.45, 7) is 2.54. The number of aromatic nitrogens is 2. The molecule has 0 fully saturated rings. The molecule has 0 saturated heterocycles. The van der Waals surface area contributed by atoms with Gasteiger partial charge >= 0.3 is 0 Å². The van der Waals surface area contributed by atoms with Crippen molar-refractivity contribution in [3.05, 3.63) is 126 Å². The van der Waals surface area contributed by atoms with Crippen LogP contribution in [0.2, 0.25) is 0 Å². The molecule has 5 heterocycles. The standard InChI is InChI=1S/C35H28N6/c1-34-19-22-16-17-27(41-30-20-36-21-37-31(30)38(2)32(34)41)25(18-22)35(34)24-12-6-7-13-26(24)40-29-15-9-8-14-28(29)39(33(35)40)23-10-4-3-5-11-23/h3-18,20-21,32-33H,19H2,1-2H3. The highest BCUT2D eigenvalue weighted by atomic mass is 15.5. The highest BCUT2D eigenvalue weighted by molar-refractivity contribution is 5.96. The van der Waals surface area contributed by atoms with Crippen LogP contribution < -0.4 is 19.6 Å². The average molecular weight is 533 g/mol. The number of anilines is 7. The zero-order chi connectivity index (χ0) is 27.1. The Morgan fingerprint density at radius 3 is 2.20 bits per heavy atom. The molecule has 4 atom stereocenters. The Balaban J connectivity index is 1.35. The van der Waals surface area contributed by atoms with E-state index in [1.807, 2.05) is 6.20 Å². The second-order valence-corrected chi connectivity index (χ2v) is 12.3. The molecule has 5 aliphatic rings. The highest BCUT2D eigenvalue weighted by Crippen LogP contribution is 2.73. The van der Waals surface area contributed by atoms with E-state index in [-0.39, 0.29) is 23.2 Å². The van der Waals surface area contributed by atoms with E-state index in [2.05, 4.69) is 136 Å². The van der Waals surface area contributed by atoms with Gasteiger partial charge in [0.1, 0.15) is 24.3 Å². The van der Waals surface area contributed by atoms with Crippen LogP contribution in [-0.2, 0) is 11.8 Å². The molecule has 3 bridgehead atoms. The van der Waals surface area contributed by atoms with E-state index in [9.17, 15) is 0 Å². The zero-order valence-electron chi connectivity index (χ0n) is 22.9. The second-order valence-electron chi connectivity index (χ2n) is 12.3. The Morgan fingerprint density at radius 2 is 1.37 bits per heavy atom. The number of rotatable bonds is 1. The number of hydrogen-bond donors (Lipinski definition) is 0. The summed E-state index contributed by atoms with van der Waals surface area (Å²) >= 11 is 0. The van der Waals surface area contributed by atoms with Crippen LogP contribution in [0.3, 0.4) is 0 Å². The van der Waals surface area contributed by atoms with Gasteiger partial charge in [-0.2, -0.15) is 0 Å². The SMILES string of the molecule is CN1c2ncncc2N2c3ccc4cc3C3(c5ccccc5N5c6ccccc6N(c6ccccc6)C53)C(C)(C4)C12. The molecule has 6 heteroatoms. The van der Waals surface area contributed by atoms with Gasteiger partial charge in [-0.15, -0.1) is 0 Å². The van der Waals surface area contributed by atoms with Gasteiger partial charge in [0.05, 0.1) is 23.0 Å². The molecule has 198 valence electrons. The molecule has 41 heavy (non-hydrogen) atoms. The fraction of sp³-hybridized carbons (Fsp3) is 0.200. The van der Waals surface area contributed by atoms with Crippen LogP contribution in [0.25, 0.3) is 0 Å². The fourth-order valence-corrected chi connectivity index (χ4v) is 9.35. The molecule has 1 aliphatic carbocycles. The van der Waals surface area contributed by atoms with Gasteiger partial charge in [0.15, 0.2) is 5.82 Å². The monoisotopic (exact) mass is 532 g/mol. The molecule has 0 radical (unpaired) electrons. The molecular weight excluding hydrogens is 504 g/mol. The average Bonchev–Trinajstić information content (AvgIpc) is 3.61. The van der Waals surface area contributed by atoms with Crippen LogP contribution in [-0.4, -0.2) is 29.3 Å². The van der Waals surface area contributed by atoms with Gasteiger partial charge < -0.3 is 19.6 Å². The molecular formula is C35H28N6. The van der Waals surface area contributed by atoms with E-state index in [1.165, 1.54) is 45.1 Å². The molecule has 10 rings (SSSR count). The summed E-state index contributed by atoms with van der Waals surface area (Å²) in [4.78, 5) is 19.5. The number of nitrogens with zero attached hydrogens (tertiary/aromatic N) is 6. The summed E-state index contributed by atoms with van der Waals surface area (Å²) < 4.78 is 0. The minimum absolute atomic E-state index is 0.0318. The van der Waals surface area contributed by atoms with Crippen LogP contribution in [0.5, 0.6) is 0 Å². The van der Waals surface area contributed by atoms with E-state index in [1.54, 1.807) is 6.33 Å². The maximum absolute atomic E-state index is 4.80. The van der Waals surface area contributed by atoms with Crippen molar-refractivity contribution in [2.45, 2.75) is 31.1 Å². The maximum atomic E-state index is 4.80. The van der Waals surface area contributed by atoms with Gasteiger partial charge in [0, 0.05) is 29.5 Å². The van der Waals surface area contributed by atoms with E-state index in [0.29, 0.717) is 0 Å². The van der Waals surface area contributed by atoms with E-state index in [0.717, 1.165) is 17.9 Å². The molecule has 5 aromatic rings. The van der Waals surface area contributed by atoms with Gasteiger partial charge in [-0.05, 0) is 59.5 Å². The molecule has 4 unspecified atom stereocenters. The van der Waals surface area contributed by atoms with Gasteiger partial charge in [0.2, 0.25) is 0 Å². The summed E-state index contributed by atoms with van der Waals surface area (Å²) in [5.41, 5.74) is 11.1. The molecule has 6 nitrogen and oxygen atoms in total. The second kappa shape index (κ2) is 7.07. The van der Waals surface area contributed by atoms with Crippen molar-refractivity contribution in [2.75, 3.05) is 26.6 Å². The van der Waals surface area contributed by atoms with Crippen LogP contribution in [0.1, 0.15) is 23.6 Å². The number of fused-ring (bicyclic) bond motifs is 11. The molecule has 0 amide bonds. The minimum Gasteiger partial charge on any atom is -0.336 e. The fourth-order valence-electron chi connectivity index (χ4n) is 9.35. The van der Waals surface area contributed by atoms with Gasteiger partial charge in [-0.25, -0.2) is 9.97 Å². The third-order valence-electron chi connectivity index (χ3n) is 10.6. The van der Waals surface area contributed by atoms with E-state index >= 15 is 0 Å². The summed E-state index contributed by atoms with van der Waals surface area (Å²) in [7, 11) is 2.22. The third-order valence-corrected chi connectivity index (χ3v) is 10.6. The molecule has 0 saturated carbocycles. The summed E-state index contributed by atoms with van der Waals surface area (Å²) in [5.74, 6) is 1.00. The van der Waals surface area contributed by atoms with Crippen molar-refractivity contribution in [3.63, 3.8) is 0 Å². The lowest BCUT2D eigenvalue weighted by atomic mass is 9.48. The van der Waals surface area contributed by atoms with Crippen molar-refractivity contribution in [3.8, 4) is 0 Å². The molecule has 4 aromatic carbocycles. The quantitative estimate of drug-likeness (QED) is 0.234. The molecule has 1 aromatic heterocycles. The highest BCUT2D eigenvalue weighted by Gasteiger charge is 2.73. The largest absolute Gasteiger partial charge is 0.336 e. The normalized spacial score (nSPS) is 27.2. The predicted molar refractivity (Wildman–Crippen MR) is 163 cm³/mol. The zero-order valence-corrected chi connectivity index (χ0v) is 22.9. The van der Waals surface area contributed by atoms with Gasteiger partial charge in [-0.3, -0.25) is 0 Å². The van der Waals surface area contributed by atoms with E-state index in [4.69, 9.17) is 4.98 Å². The number of hydrogen-bond acceptors (Lipinski definition) is 6. The van der Waals surface area contributed by atoms with Crippen molar-refractivity contribution < 1.29 is 0 Å². The van der Waals surface area contributed by atoms with E-state index < -0.39 is 0 Å². The minimum atomic E-state index is -0.326. The molecule has 4 aliphatic heterocycles. The summed E-state index contributed by atoms with van der Waals surface area (Å²) in [6.07, 6.45) is 4.75. The lowest BCUT2D eigenvalue weighted by molar-refractivity contribution is 0.102. The topological polar surface area (TPSA) is 38.7 Å². The first-order valence-electron chi connectivity index (χ1n) is 14.4. The lowest BCUT2D eigenvalue weighted by Crippen LogP contribution is -2.71. The van der Waals surface area contributed by atoms with Crippen LogP contribution >= 0.6 is 0 Å². The van der Waals surface area contributed by atoms with Crippen LogP contribution in [0.4, 0.5) is 39.9 Å². The number of para-hydroxylation sites is 4. The van der Waals surface area contributed by atoms with Gasteiger partial charge in [0.25, 0.3) is 0 Å². The Bertz CT molecular complexity index is 1910. The van der Waals surface area contributed by atoms with Crippen LogP contribution in [0.15, 0.2) is 110 Å². The Morgan fingerprint density at radius 1 is 0.683 bits per heavy atom. The van der Waals surface area contributed by atoms with Crippen molar-refractivity contribution >= 4 is 39.9 Å². The Hall–Kier alpha value is -4.84.